The molecule has 184 valence electrons. The molecule has 0 saturated carbocycles. The Bertz CT molecular complexity index is 1020. The van der Waals surface area contributed by atoms with Gasteiger partial charge < -0.3 is 19.6 Å². The molecule has 34 heavy (non-hydrogen) atoms. The van der Waals surface area contributed by atoms with Crippen molar-refractivity contribution in [2.75, 3.05) is 38.1 Å². The molecule has 0 unspecified atom stereocenters. The molecule has 2 amide bonds. The predicted molar refractivity (Wildman–Crippen MR) is 135 cm³/mol. The number of phenols is 1. The number of hydrogen-bond acceptors (Lipinski definition) is 5. The number of carbonyl (C=O) groups excluding carboxylic acids is 2. The first-order chi connectivity index (χ1) is 15.9. The number of likely N-dealkylation sites (N-methyl/N-ethyl adjacent to an activating group) is 1. The minimum atomic E-state index is -0.740. The smallest absolute Gasteiger partial charge is 0.410 e. The fourth-order valence-electron chi connectivity index (χ4n) is 3.78. The second-order valence-corrected chi connectivity index (χ2v) is 10.2. The van der Waals surface area contributed by atoms with E-state index in [0.29, 0.717) is 42.6 Å². The van der Waals surface area contributed by atoms with Gasteiger partial charge in [0.05, 0.1) is 10.0 Å². The van der Waals surface area contributed by atoms with E-state index in [2.05, 4.69) is 4.90 Å². The van der Waals surface area contributed by atoms with Crippen LogP contribution < -0.4 is 4.90 Å². The van der Waals surface area contributed by atoms with Crippen molar-refractivity contribution in [2.24, 2.45) is 0 Å². The van der Waals surface area contributed by atoms with Crippen molar-refractivity contribution in [3.05, 3.63) is 58.1 Å². The standard InChI is InChI=1S/C25H31Cl2N3O4/c1-25(2,3)34-24(33)28(4)22(15-17-5-8-19(31)9-6-17)23(32)30-13-11-29(12-14-30)18-7-10-20(26)21(27)16-18/h5-10,16,22,31H,11-15H2,1-4H3/t22-/m0/s1. The summed E-state index contributed by atoms with van der Waals surface area (Å²) >= 11 is 12.2. The van der Waals surface area contributed by atoms with E-state index in [9.17, 15) is 14.7 Å². The average molecular weight is 508 g/mol. The highest BCUT2D eigenvalue weighted by Gasteiger charge is 2.34. The second-order valence-electron chi connectivity index (χ2n) is 9.39. The molecule has 0 spiro atoms. The highest BCUT2D eigenvalue weighted by molar-refractivity contribution is 6.42. The molecule has 1 aliphatic heterocycles. The Labute approximate surface area is 210 Å². The van der Waals surface area contributed by atoms with Crippen molar-refractivity contribution in [1.82, 2.24) is 9.80 Å². The zero-order valence-corrected chi connectivity index (χ0v) is 21.4. The fraction of sp³-hybridized carbons (Fsp3) is 0.440. The topological polar surface area (TPSA) is 73.3 Å². The van der Waals surface area contributed by atoms with E-state index >= 15 is 0 Å². The highest BCUT2D eigenvalue weighted by Crippen LogP contribution is 2.28. The molecule has 1 fully saturated rings. The Kier molecular flexibility index (Phi) is 8.21. The third kappa shape index (κ3) is 6.70. The molecule has 0 bridgehead atoms. The maximum atomic E-state index is 13.6. The average Bonchev–Trinajstić information content (AvgIpc) is 2.78. The van der Waals surface area contributed by atoms with Crippen LogP contribution in [0.5, 0.6) is 5.75 Å². The summed E-state index contributed by atoms with van der Waals surface area (Å²) in [5.74, 6) is 0.000714. The molecule has 0 aromatic heterocycles. The van der Waals surface area contributed by atoms with E-state index in [0.717, 1.165) is 11.3 Å². The number of carbonyl (C=O) groups is 2. The van der Waals surface area contributed by atoms with Gasteiger partial charge in [-0.2, -0.15) is 0 Å². The highest BCUT2D eigenvalue weighted by atomic mass is 35.5. The number of benzene rings is 2. The van der Waals surface area contributed by atoms with E-state index < -0.39 is 17.7 Å². The summed E-state index contributed by atoms with van der Waals surface area (Å²) in [5.41, 5.74) is 1.11. The molecular weight excluding hydrogens is 477 g/mol. The van der Waals surface area contributed by atoms with Crippen molar-refractivity contribution in [2.45, 2.75) is 38.8 Å². The first-order valence-corrected chi connectivity index (χ1v) is 11.9. The van der Waals surface area contributed by atoms with Crippen molar-refractivity contribution < 1.29 is 19.4 Å². The lowest BCUT2D eigenvalue weighted by atomic mass is 10.0. The number of phenolic OH excluding ortho intramolecular Hbond substituents is 1. The first-order valence-electron chi connectivity index (χ1n) is 11.2. The maximum absolute atomic E-state index is 13.6. The molecule has 1 aliphatic rings. The number of hydrogen-bond donors (Lipinski definition) is 1. The summed E-state index contributed by atoms with van der Waals surface area (Å²) < 4.78 is 5.52. The van der Waals surface area contributed by atoms with Crippen LogP contribution >= 0.6 is 23.2 Å². The predicted octanol–water partition coefficient (Wildman–Crippen LogP) is 4.83. The maximum Gasteiger partial charge on any atom is 0.410 e. The molecule has 1 heterocycles. The molecule has 2 aromatic rings. The molecule has 2 aromatic carbocycles. The van der Waals surface area contributed by atoms with Gasteiger partial charge in [-0.25, -0.2) is 4.79 Å². The molecule has 0 aliphatic carbocycles. The molecule has 1 atom stereocenters. The fourth-order valence-corrected chi connectivity index (χ4v) is 4.08. The number of piperazine rings is 1. The summed E-state index contributed by atoms with van der Waals surface area (Å²) in [4.78, 5) is 31.7. The summed E-state index contributed by atoms with van der Waals surface area (Å²) in [6, 6.07) is 11.4. The zero-order valence-electron chi connectivity index (χ0n) is 19.9. The molecule has 1 N–H and O–H groups in total. The Balaban J connectivity index is 1.74. The van der Waals surface area contributed by atoms with Gasteiger partial charge in [0.1, 0.15) is 17.4 Å². The van der Waals surface area contributed by atoms with Crippen molar-refractivity contribution in [1.29, 1.82) is 0 Å². The SMILES string of the molecule is CN(C(=O)OC(C)(C)C)[C@@H](Cc1ccc(O)cc1)C(=O)N1CCN(c2ccc(Cl)c(Cl)c2)CC1. The summed E-state index contributed by atoms with van der Waals surface area (Å²) in [5, 5.41) is 10.6. The van der Waals surface area contributed by atoms with Crippen LogP contribution in [0, 0.1) is 0 Å². The van der Waals surface area contributed by atoms with E-state index in [1.807, 2.05) is 12.1 Å². The molecule has 7 nitrogen and oxygen atoms in total. The summed E-state index contributed by atoms with van der Waals surface area (Å²) in [7, 11) is 1.59. The van der Waals surface area contributed by atoms with Crippen LogP contribution in [0.4, 0.5) is 10.5 Å². The largest absolute Gasteiger partial charge is 0.508 e. The molecule has 3 rings (SSSR count). The number of anilines is 1. The van der Waals surface area contributed by atoms with E-state index in [1.165, 1.54) is 4.90 Å². The molecular formula is C25H31Cl2N3O4. The van der Waals surface area contributed by atoms with Crippen molar-refractivity contribution >= 4 is 40.9 Å². The summed E-state index contributed by atoms with van der Waals surface area (Å²) in [6.07, 6.45) is -0.249. The first kappa shape index (κ1) is 26.0. The van der Waals surface area contributed by atoms with Gasteiger partial charge >= 0.3 is 6.09 Å². The van der Waals surface area contributed by atoms with Crippen LogP contribution in [0.25, 0.3) is 0 Å². The Morgan fingerprint density at radius 1 is 1.03 bits per heavy atom. The van der Waals surface area contributed by atoms with Gasteiger partial charge in [-0.3, -0.25) is 9.69 Å². The number of halogens is 2. The van der Waals surface area contributed by atoms with Crippen LogP contribution in [-0.4, -0.2) is 71.8 Å². The third-order valence-corrected chi connectivity index (χ3v) is 6.40. The minimum Gasteiger partial charge on any atom is -0.508 e. The second kappa shape index (κ2) is 10.7. The third-order valence-electron chi connectivity index (χ3n) is 5.66. The number of nitrogens with zero attached hydrogens (tertiary/aromatic N) is 3. The number of aromatic hydroxyl groups is 1. The molecule has 1 saturated heterocycles. The lowest BCUT2D eigenvalue weighted by Gasteiger charge is -2.39. The van der Waals surface area contributed by atoms with Crippen LogP contribution in [0.2, 0.25) is 10.0 Å². The van der Waals surface area contributed by atoms with E-state index in [4.69, 9.17) is 27.9 Å². The summed E-state index contributed by atoms with van der Waals surface area (Å²) in [6.45, 7) is 7.64. The number of amides is 2. The van der Waals surface area contributed by atoms with Gasteiger partial charge in [-0.05, 0) is 56.7 Å². The quantitative estimate of drug-likeness (QED) is 0.627. The monoisotopic (exact) mass is 507 g/mol. The molecule has 0 radical (unpaired) electrons. The Hall–Kier alpha value is -2.64. The Morgan fingerprint density at radius 3 is 2.21 bits per heavy atom. The lowest BCUT2D eigenvalue weighted by molar-refractivity contribution is -0.136. The van der Waals surface area contributed by atoms with Crippen LogP contribution in [0.3, 0.4) is 0 Å². The van der Waals surface area contributed by atoms with Gasteiger partial charge in [0.15, 0.2) is 0 Å². The van der Waals surface area contributed by atoms with Crippen molar-refractivity contribution in [3.8, 4) is 5.75 Å². The van der Waals surface area contributed by atoms with E-state index in [1.54, 1.807) is 63.1 Å². The van der Waals surface area contributed by atoms with Gasteiger partial charge in [-0.1, -0.05) is 35.3 Å². The Morgan fingerprint density at radius 2 is 1.65 bits per heavy atom. The minimum absolute atomic E-state index is 0.143. The van der Waals surface area contributed by atoms with Crippen LogP contribution in [0.1, 0.15) is 26.3 Å². The molecule has 9 heteroatoms. The lowest BCUT2D eigenvalue weighted by Crippen LogP contribution is -2.56. The van der Waals surface area contributed by atoms with Gasteiger partial charge in [-0.15, -0.1) is 0 Å². The van der Waals surface area contributed by atoms with Gasteiger partial charge in [0.25, 0.3) is 0 Å². The van der Waals surface area contributed by atoms with Gasteiger partial charge in [0, 0.05) is 45.3 Å². The normalized spacial score (nSPS) is 15.1. The van der Waals surface area contributed by atoms with Crippen LogP contribution in [-0.2, 0) is 16.0 Å². The van der Waals surface area contributed by atoms with Crippen LogP contribution in [0.15, 0.2) is 42.5 Å². The number of rotatable bonds is 5. The van der Waals surface area contributed by atoms with Gasteiger partial charge in [0.2, 0.25) is 5.91 Å². The van der Waals surface area contributed by atoms with E-state index in [-0.39, 0.29) is 11.7 Å². The van der Waals surface area contributed by atoms with Crippen molar-refractivity contribution in [3.63, 3.8) is 0 Å². The zero-order chi connectivity index (χ0) is 25.0. The number of ether oxygens (including phenoxy) is 1.